The number of nitrogens with one attached hydrogen (secondary N) is 4. The Morgan fingerprint density at radius 2 is 0.640 bits per heavy atom. The summed E-state index contributed by atoms with van der Waals surface area (Å²) in [6, 6.07) is 49.8. The van der Waals surface area contributed by atoms with Gasteiger partial charge in [-0.3, -0.25) is 24.7 Å². The first-order chi connectivity index (χ1) is 65.8. The predicted octanol–water partition coefficient (Wildman–Crippen LogP) is 17.2. The highest BCUT2D eigenvalue weighted by atomic mass is 35.5. The zero-order valence-electron chi connectivity index (χ0n) is 79.4. The zero-order valence-corrected chi connectivity index (χ0v) is 80.1. The molecule has 0 bridgehead atoms. The van der Waals surface area contributed by atoms with Gasteiger partial charge in [0.15, 0.2) is 0 Å². The van der Waals surface area contributed by atoms with Crippen molar-refractivity contribution in [1.82, 2.24) is 88.0 Å². The number of esters is 2. The maximum Gasteiger partial charge on any atom is 0.354 e. The number of pyridine rings is 8. The fourth-order valence-electron chi connectivity index (χ4n) is 19.0. The van der Waals surface area contributed by atoms with Gasteiger partial charge in [-0.1, -0.05) is 35.9 Å². The van der Waals surface area contributed by atoms with E-state index in [1.165, 1.54) is 25.9 Å². The number of halogens is 1. The van der Waals surface area contributed by atoms with E-state index >= 15 is 0 Å². The summed E-state index contributed by atoms with van der Waals surface area (Å²) in [7, 11) is 18.3. The minimum absolute atomic E-state index is 0.000691. The number of carboxylic acids is 1. The van der Waals surface area contributed by atoms with E-state index in [1.54, 1.807) is 55.6 Å². The van der Waals surface area contributed by atoms with Crippen LogP contribution in [0.15, 0.2) is 195 Å². The van der Waals surface area contributed by atoms with E-state index in [1.807, 2.05) is 151 Å². The number of aromatic nitrogens is 12. The number of benzene rings is 4. The molecule has 29 nitrogen and oxygen atoms in total. The van der Waals surface area contributed by atoms with E-state index in [9.17, 15) is 24.3 Å². The minimum atomic E-state index is -0.929. The molecular formula is C106H121ClN22O7. The number of rotatable bonds is 17. The van der Waals surface area contributed by atoms with Crippen molar-refractivity contribution in [2.45, 2.75) is 108 Å². The normalized spacial score (nSPS) is 16.0. The van der Waals surface area contributed by atoms with Crippen molar-refractivity contribution >= 4 is 140 Å². The molecule has 5 saturated heterocycles. The van der Waals surface area contributed by atoms with Gasteiger partial charge in [-0.05, 0) is 300 Å². The van der Waals surface area contributed by atoms with Crippen LogP contribution in [0.3, 0.4) is 0 Å². The highest BCUT2D eigenvalue weighted by Gasteiger charge is 2.28. The number of aryl methyl sites for hydroxylation is 4. The van der Waals surface area contributed by atoms with Crippen molar-refractivity contribution in [3.8, 4) is 45.0 Å². The topological polar surface area (TPSA) is 320 Å². The average molecular weight is 1850 g/mol. The maximum atomic E-state index is 13.2. The summed E-state index contributed by atoms with van der Waals surface area (Å²) in [6.07, 6.45) is 25.4. The van der Waals surface area contributed by atoms with E-state index in [4.69, 9.17) is 41.8 Å². The third kappa shape index (κ3) is 21.6. The van der Waals surface area contributed by atoms with Crippen LogP contribution >= 0.6 is 11.6 Å². The Bertz CT molecular complexity index is 7040. The number of anilines is 3. The Morgan fingerprint density at radius 1 is 0.360 bits per heavy atom. The lowest BCUT2D eigenvalue weighted by Gasteiger charge is -2.30. The van der Waals surface area contributed by atoms with Gasteiger partial charge in [0.05, 0.1) is 63.1 Å². The molecule has 16 aromatic rings. The molecule has 7 N–H and O–H groups in total. The fourth-order valence-corrected chi connectivity index (χ4v) is 19.3. The van der Waals surface area contributed by atoms with Crippen molar-refractivity contribution in [2.24, 2.45) is 33.9 Å². The summed E-state index contributed by atoms with van der Waals surface area (Å²) in [5, 5.41) is 32.4. The van der Waals surface area contributed by atoms with Crippen LogP contribution in [-0.2, 0) is 37.7 Å². The molecule has 0 spiro atoms. The highest BCUT2D eigenvalue weighted by molar-refractivity contribution is 6.35. The van der Waals surface area contributed by atoms with Crippen LogP contribution in [0, 0.1) is 0 Å². The molecule has 0 atom stereocenters. The lowest BCUT2D eigenvalue weighted by atomic mass is 10.0. The predicted molar refractivity (Wildman–Crippen MR) is 545 cm³/mol. The summed E-state index contributed by atoms with van der Waals surface area (Å²) in [4.78, 5) is 97.4. The van der Waals surface area contributed by atoms with Gasteiger partial charge in [0.25, 0.3) is 5.91 Å². The number of hydrogen-bond acceptors (Lipinski definition) is 23. The van der Waals surface area contributed by atoms with E-state index in [0.717, 1.165) is 253 Å². The number of aromatic carboxylic acids is 1. The van der Waals surface area contributed by atoms with Gasteiger partial charge in [0, 0.05) is 212 Å². The molecule has 0 saturated carbocycles. The van der Waals surface area contributed by atoms with Crippen molar-refractivity contribution in [3.05, 3.63) is 223 Å². The van der Waals surface area contributed by atoms with Gasteiger partial charge < -0.3 is 84.3 Å². The molecule has 1 amide bonds. The van der Waals surface area contributed by atoms with Crippen LogP contribution in [0.1, 0.15) is 120 Å². The van der Waals surface area contributed by atoms with Crippen molar-refractivity contribution < 1.29 is 33.8 Å². The second-order valence-corrected chi connectivity index (χ2v) is 37.2. The Kier molecular flexibility index (Phi) is 29.3. The second kappa shape index (κ2) is 42.3. The van der Waals surface area contributed by atoms with E-state index in [2.05, 4.69) is 154 Å². The fraction of sp³-hybridized carbons (Fsp3) is 0.358. The molecule has 136 heavy (non-hydrogen) atoms. The lowest BCUT2D eigenvalue weighted by molar-refractivity contribution is 0.0506. The third-order valence-electron chi connectivity index (χ3n) is 27.2. The molecule has 5 aliphatic heterocycles. The molecule has 4 aromatic carbocycles. The summed E-state index contributed by atoms with van der Waals surface area (Å²) in [6.45, 7) is 15.3. The molecule has 5 fully saturated rings. The molecule has 17 heterocycles. The van der Waals surface area contributed by atoms with Crippen molar-refractivity contribution in [1.29, 1.82) is 0 Å². The smallest absolute Gasteiger partial charge is 0.354 e. The monoisotopic (exact) mass is 1850 g/mol. The molecule has 12 aromatic heterocycles. The maximum absolute atomic E-state index is 13.2. The van der Waals surface area contributed by atoms with Crippen LogP contribution in [-0.4, -0.2) is 256 Å². The van der Waals surface area contributed by atoms with Gasteiger partial charge in [-0.2, -0.15) is 0 Å². The second-order valence-electron chi connectivity index (χ2n) is 36.8. The number of nitrogens with zero attached hydrogens (tertiary/aromatic N) is 17. The number of ether oxygens (including phenoxy) is 2. The molecule has 0 aliphatic carbocycles. The average Bonchev–Trinajstić information content (AvgIpc) is 1.75. The van der Waals surface area contributed by atoms with Gasteiger partial charge in [0.2, 0.25) is 0 Å². The highest BCUT2D eigenvalue weighted by Crippen LogP contribution is 2.39. The van der Waals surface area contributed by atoms with Crippen LogP contribution in [0.25, 0.3) is 132 Å². The SMILES string of the molecule is CCOC(=O)c1cc2cc(-c3cc(Cl)c4cnccc4n3)ccc2n1C.CCOC(=O)c1cc2cc(-c3cc(NC4CCN(C)CC4)c4cnccc4n3)ccc2n1C.CN1CCC(N)CC1.CN1CCC(NC(=O)c2cc3cc(-c4cc(NC5CCN(C)CC5)c5cnccc5n4)ccc3n2C)CC1.CN1CCC(Nc2cc(-c3ccc4c(c3)cc(C(=O)O)n4C)nc3ccncc23)CC1. The van der Waals surface area contributed by atoms with Crippen molar-refractivity contribution in [3.63, 3.8) is 0 Å². The van der Waals surface area contributed by atoms with Gasteiger partial charge >= 0.3 is 17.9 Å². The number of likely N-dealkylation sites (tertiary alicyclic amines) is 5. The molecule has 30 heteroatoms. The third-order valence-corrected chi connectivity index (χ3v) is 27.5. The Morgan fingerprint density at radius 3 is 0.963 bits per heavy atom. The molecule has 5 aliphatic rings. The molecule has 704 valence electrons. The Balaban J connectivity index is 0.000000123. The quantitative estimate of drug-likeness (QED) is 0.0461. The van der Waals surface area contributed by atoms with Gasteiger partial charge in [-0.15, -0.1) is 0 Å². The standard InChI is InChI=1S/C30H37N7O.C26H29N5O2.C24H25N5O2.C20H16ClN3O2.C6H14N2/c1-35-12-7-22(8-13-35)32-27-18-26(34-25-6-11-31-19-24(25)27)20-4-5-28-21(16-20)17-29(37(28)3)30(38)33-23-9-14-36(2)15-10-23;1-4-33-26(32)25-14-18-13-17(5-6-24(18)31(25)3)22-15-23(20-16-27-10-7-21(20)29-22)28-19-8-11-30(2)12-9-19;1-28-9-6-17(7-10-28)26-21-13-20(27-19-5-8-25-14-18(19)21)15-3-4-22-16(11-15)12-23(24(30)31)29(22)2;1-3-26-20(25)19-9-13-8-12(4-5-18(13)24(19)2)17-10-15(21)14-11-22-7-6-16(14)23-17;1-8-4-2-6(7)3-5-8/h4-6,11,16-19,22-23H,7-10,12-15H2,1-3H3,(H,32,34)(H,33,38);5-7,10,13-16,19H,4,8-9,11-12H2,1-3H3,(H,28,29);3-5,8,11-14,17H,6-7,9-10H2,1-2H3,(H,26,27)(H,30,31);4-11H,3H2,1-2H3;6H,2-5,7H2,1H3. The number of piperidine rings is 5. The van der Waals surface area contributed by atoms with Crippen LogP contribution in [0.4, 0.5) is 17.1 Å². The summed E-state index contributed by atoms with van der Waals surface area (Å²) < 4.78 is 17.7. The number of fused-ring (bicyclic) bond motifs is 8. The first-order valence-corrected chi connectivity index (χ1v) is 47.6. The van der Waals surface area contributed by atoms with E-state index in [-0.39, 0.29) is 29.6 Å². The summed E-state index contributed by atoms with van der Waals surface area (Å²) >= 11 is 6.39. The minimum Gasteiger partial charge on any atom is -0.477 e. The molecular weight excluding hydrogens is 1730 g/mol. The van der Waals surface area contributed by atoms with E-state index < -0.39 is 5.97 Å². The number of amides is 1. The number of carbonyl (C=O) groups excluding carboxylic acids is 3. The largest absolute Gasteiger partial charge is 0.477 e. The van der Waals surface area contributed by atoms with Gasteiger partial charge in [-0.25, -0.2) is 34.3 Å². The first kappa shape index (κ1) is 94.4. The van der Waals surface area contributed by atoms with Crippen LogP contribution in [0.5, 0.6) is 0 Å². The van der Waals surface area contributed by atoms with Crippen LogP contribution in [0.2, 0.25) is 5.02 Å². The molecule has 0 unspecified atom stereocenters. The Labute approximate surface area is 796 Å². The number of carboxylic acid groups (broad SMARTS) is 1. The van der Waals surface area contributed by atoms with Gasteiger partial charge in [0.1, 0.15) is 22.8 Å². The molecule has 0 radical (unpaired) electrons. The Hall–Kier alpha value is -13.4. The van der Waals surface area contributed by atoms with E-state index in [0.29, 0.717) is 59.5 Å². The number of hydrogen-bond donors (Lipinski definition) is 6. The first-order valence-electron chi connectivity index (χ1n) is 47.2. The van der Waals surface area contributed by atoms with Crippen LogP contribution < -0.4 is 27.0 Å². The lowest BCUT2D eigenvalue weighted by Crippen LogP contribution is -2.43. The summed E-state index contributed by atoms with van der Waals surface area (Å²) in [5.74, 6) is -1.56. The zero-order chi connectivity index (χ0) is 95.0. The summed E-state index contributed by atoms with van der Waals surface area (Å²) in [5.41, 5.74) is 25.7. The molecule has 21 rings (SSSR count). The van der Waals surface area contributed by atoms with Crippen molar-refractivity contribution in [2.75, 3.05) is 130 Å². The number of nitrogens with two attached hydrogens (primary N) is 1. The number of carbonyl (C=O) groups is 4.